The van der Waals surface area contributed by atoms with Crippen LogP contribution in [0.3, 0.4) is 0 Å². The molecule has 0 N–H and O–H groups in total. The molecule has 0 aliphatic heterocycles. The average Bonchev–Trinajstić information content (AvgIpc) is 2.37. The third-order valence-corrected chi connectivity index (χ3v) is 2.69. The Balaban J connectivity index is 2.09. The highest BCUT2D eigenvalue weighted by Gasteiger charge is 2.08. The van der Waals surface area contributed by atoms with Gasteiger partial charge in [-0.05, 0) is 24.6 Å². The number of hydrogen-bond donors (Lipinski definition) is 0. The molecule has 0 atom stereocenters. The zero-order chi connectivity index (χ0) is 13.7. The number of aromatic nitrogens is 3. The van der Waals surface area contributed by atoms with Crippen molar-refractivity contribution < 1.29 is 9.47 Å². The molecule has 100 valence electrons. The number of benzene rings is 1. The zero-order valence-electron chi connectivity index (χ0n) is 10.1. The van der Waals surface area contributed by atoms with Crippen molar-refractivity contribution in [1.82, 2.24) is 15.0 Å². The van der Waals surface area contributed by atoms with Crippen LogP contribution in [0.1, 0.15) is 12.5 Å². The number of nitrogens with zero attached hydrogens (tertiary/aromatic N) is 3. The second-order valence-electron chi connectivity index (χ2n) is 3.48. The molecule has 0 radical (unpaired) electrons. The van der Waals surface area contributed by atoms with Crippen molar-refractivity contribution in [2.45, 2.75) is 13.5 Å². The zero-order valence-corrected chi connectivity index (χ0v) is 11.6. The van der Waals surface area contributed by atoms with Crippen molar-refractivity contribution in [3.8, 4) is 12.0 Å². The minimum absolute atomic E-state index is 0.0209. The molecule has 0 saturated carbocycles. The molecular formula is C12H11Cl2N3O2. The van der Waals surface area contributed by atoms with E-state index >= 15 is 0 Å². The van der Waals surface area contributed by atoms with E-state index in [1.165, 1.54) is 0 Å². The maximum atomic E-state index is 6.02. The molecule has 0 spiro atoms. The normalized spacial score (nSPS) is 10.3. The van der Waals surface area contributed by atoms with Crippen LogP contribution in [0.5, 0.6) is 12.0 Å². The number of hydrogen-bond acceptors (Lipinski definition) is 5. The number of halogens is 2. The lowest BCUT2D eigenvalue weighted by Gasteiger charge is -2.07. The van der Waals surface area contributed by atoms with Gasteiger partial charge in [0.25, 0.3) is 0 Å². The first-order valence-electron chi connectivity index (χ1n) is 5.59. The third kappa shape index (κ3) is 3.94. The topological polar surface area (TPSA) is 57.1 Å². The largest absolute Gasteiger partial charge is 0.464 e. The van der Waals surface area contributed by atoms with E-state index in [9.17, 15) is 0 Å². The molecule has 1 aromatic heterocycles. The summed E-state index contributed by atoms with van der Waals surface area (Å²) in [7, 11) is 0. The van der Waals surface area contributed by atoms with E-state index in [1.54, 1.807) is 6.07 Å². The minimum Gasteiger partial charge on any atom is -0.464 e. The molecule has 0 unspecified atom stereocenters. The first-order chi connectivity index (χ1) is 9.19. The molecule has 0 aliphatic rings. The van der Waals surface area contributed by atoms with Gasteiger partial charge in [-0.2, -0.15) is 9.97 Å². The summed E-state index contributed by atoms with van der Waals surface area (Å²) in [5, 5.41) is 0.639. The molecular weight excluding hydrogens is 289 g/mol. The Hall–Kier alpha value is -1.59. The molecule has 1 aromatic carbocycles. The lowest BCUT2D eigenvalue weighted by Crippen LogP contribution is -2.04. The maximum absolute atomic E-state index is 6.02. The van der Waals surface area contributed by atoms with Crippen LogP contribution in [0.4, 0.5) is 0 Å². The van der Waals surface area contributed by atoms with Gasteiger partial charge in [-0.3, -0.25) is 0 Å². The van der Waals surface area contributed by atoms with Gasteiger partial charge in [0, 0.05) is 10.6 Å². The Morgan fingerprint density at radius 3 is 2.37 bits per heavy atom. The number of rotatable bonds is 5. The minimum atomic E-state index is 0.0209. The molecule has 1 heterocycles. The Bertz CT molecular complexity index is 566. The fourth-order valence-electron chi connectivity index (χ4n) is 1.33. The van der Waals surface area contributed by atoms with Gasteiger partial charge in [0.2, 0.25) is 5.28 Å². The van der Waals surface area contributed by atoms with Gasteiger partial charge in [-0.1, -0.05) is 29.8 Å². The summed E-state index contributed by atoms with van der Waals surface area (Å²) in [6.07, 6.45) is 0. The monoisotopic (exact) mass is 299 g/mol. The smallest absolute Gasteiger partial charge is 0.324 e. The van der Waals surface area contributed by atoms with Crippen molar-refractivity contribution in [1.29, 1.82) is 0 Å². The molecule has 0 aliphatic carbocycles. The van der Waals surface area contributed by atoms with Gasteiger partial charge in [0.15, 0.2) is 0 Å². The van der Waals surface area contributed by atoms with Crippen molar-refractivity contribution in [3.05, 3.63) is 40.1 Å². The number of ether oxygens (including phenoxy) is 2. The van der Waals surface area contributed by atoms with Crippen LogP contribution in [0, 0.1) is 0 Å². The van der Waals surface area contributed by atoms with E-state index < -0.39 is 0 Å². The molecule has 2 aromatic rings. The van der Waals surface area contributed by atoms with E-state index in [0.29, 0.717) is 11.6 Å². The van der Waals surface area contributed by atoms with Crippen molar-refractivity contribution >= 4 is 23.2 Å². The SMILES string of the molecule is CCOc1nc(Cl)nc(OCc2ccccc2Cl)n1. The fraction of sp³-hybridized carbons (Fsp3) is 0.250. The molecule has 0 bridgehead atoms. The quantitative estimate of drug-likeness (QED) is 0.849. The lowest BCUT2D eigenvalue weighted by molar-refractivity contribution is 0.261. The summed E-state index contributed by atoms with van der Waals surface area (Å²) >= 11 is 11.8. The van der Waals surface area contributed by atoms with Gasteiger partial charge in [0.1, 0.15) is 6.61 Å². The Labute approximate surface area is 120 Å². The van der Waals surface area contributed by atoms with Crippen LogP contribution in [-0.2, 0) is 6.61 Å². The van der Waals surface area contributed by atoms with Crippen LogP contribution < -0.4 is 9.47 Å². The maximum Gasteiger partial charge on any atom is 0.324 e. The molecule has 2 rings (SSSR count). The van der Waals surface area contributed by atoms with Gasteiger partial charge >= 0.3 is 12.0 Å². The van der Waals surface area contributed by atoms with Crippen molar-refractivity contribution in [2.75, 3.05) is 6.61 Å². The Morgan fingerprint density at radius 1 is 1.00 bits per heavy atom. The summed E-state index contributed by atoms with van der Waals surface area (Å²) in [6, 6.07) is 7.59. The summed E-state index contributed by atoms with van der Waals surface area (Å²) < 4.78 is 10.6. The second kappa shape index (κ2) is 6.54. The van der Waals surface area contributed by atoms with Crippen LogP contribution in [0.25, 0.3) is 0 Å². The summed E-state index contributed by atoms with van der Waals surface area (Å²) in [6.45, 7) is 2.50. The van der Waals surface area contributed by atoms with E-state index in [1.807, 2.05) is 25.1 Å². The summed E-state index contributed by atoms with van der Waals surface area (Å²) in [5.74, 6) is 0. The van der Waals surface area contributed by atoms with Gasteiger partial charge in [-0.25, -0.2) is 0 Å². The van der Waals surface area contributed by atoms with Gasteiger partial charge < -0.3 is 9.47 Å². The predicted molar refractivity (Wildman–Crippen MR) is 71.8 cm³/mol. The third-order valence-electron chi connectivity index (χ3n) is 2.16. The Kier molecular flexibility index (Phi) is 4.76. The first kappa shape index (κ1) is 13.8. The van der Waals surface area contributed by atoms with Gasteiger partial charge in [0.05, 0.1) is 6.61 Å². The second-order valence-corrected chi connectivity index (χ2v) is 4.23. The lowest BCUT2D eigenvalue weighted by atomic mass is 10.2. The standard InChI is InChI=1S/C12H11Cl2N3O2/c1-2-18-11-15-10(14)16-12(17-11)19-7-8-5-3-4-6-9(8)13/h3-6H,2,7H2,1H3. The van der Waals surface area contributed by atoms with Crippen LogP contribution in [0.2, 0.25) is 10.3 Å². The molecule has 19 heavy (non-hydrogen) atoms. The average molecular weight is 300 g/mol. The van der Waals surface area contributed by atoms with Crippen LogP contribution in [-0.4, -0.2) is 21.6 Å². The van der Waals surface area contributed by atoms with E-state index in [4.69, 9.17) is 32.7 Å². The highest BCUT2D eigenvalue weighted by atomic mass is 35.5. The van der Waals surface area contributed by atoms with E-state index in [0.717, 1.165) is 5.56 Å². The summed E-state index contributed by atoms with van der Waals surface area (Å²) in [5.41, 5.74) is 0.832. The fourth-order valence-corrected chi connectivity index (χ4v) is 1.67. The van der Waals surface area contributed by atoms with E-state index in [2.05, 4.69) is 15.0 Å². The van der Waals surface area contributed by atoms with Crippen molar-refractivity contribution in [3.63, 3.8) is 0 Å². The van der Waals surface area contributed by atoms with E-state index in [-0.39, 0.29) is 23.9 Å². The molecule has 7 heteroatoms. The first-order valence-corrected chi connectivity index (χ1v) is 6.35. The predicted octanol–water partition coefficient (Wildman–Crippen LogP) is 3.16. The molecule has 5 nitrogen and oxygen atoms in total. The summed E-state index contributed by atoms with van der Waals surface area (Å²) in [4.78, 5) is 11.6. The Morgan fingerprint density at radius 2 is 1.68 bits per heavy atom. The van der Waals surface area contributed by atoms with Crippen molar-refractivity contribution in [2.24, 2.45) is 0 Å². The highest BCUT2D eigenvalue weighted by molar-refractivity contribution is 6.31. The highest BCUT2D eigenvalue weighted by Crippen LogP contribution is 2.18. The van der Waals surface area contributed by atoms with Crippen LogP contribution in [0.15, 0.2) is 24.3 Å². The molecule has 0 amide bonds. The van der Waals surface area contributed by atoms with Crippen LogP contribution >= 0.6 is 23.2 Å². The molecule has 0 fully saturated rings. The van der Waals surface area contributed by atoms with Gasteiger partial charge in [-0.15, -0.1) is 4.98 Å². The molecule has 0 saturated heterocycles.